The van der Waals surface area contributed by atoms with Gasteiger partial charge in [-0.1, -0.05) is 0 Å². The van der Waals surface area contributed by atoms with Gasteiger partial charge in [-0.3, -0.25) is 5.73 Å². The van der Waals surface area contributed by atoms with Gasteiger partial charge >= 0.3 is 0 Å². The van der Waals surface area contributed by atoms with Gasteiger partial charge in [-0.15, -0.1) is 0 Å². The molecule has 0 aromatic carbocycles. The SMILES string of the molecule is NC1COC(N)OC1. The topological polar surface area (TPSA) is 70.5 Å². The first kappa shape index (κ1) is 5.97. The zero-order valence-electron chi connectivity index (χ0n) is 4.54. The van der Waals surface area contributed by atoms with Crippen LogP contribution in [0.2, 0.25) is 0 Å². The minimum absolute atomic E-state index is 0.00481. The molecule has 1 saturated heterocycles. The molecule has 0 bridgehead atoms. The van der Waals surface area contributed by atoms with Gasteiger partial charge in [-0.25, -0.2) is 0 Å². The second-order valence-corrected chi connectivity index (χ2v) is 1.80. The maximum Gasteiger partial charge on any atom is 0.213 e. The molecule has 0 aliphatic carbocycles. The summed E-state index contributed by atoms with van der Waals surface area (Å²) in [7, 11) is 0. The molecule has 0 amide bonds. The summed E-state index contributed by atoms with van der Waals surface area (Å²) < 4.78 is 9.64. The van der Waals surface area contributed by atoms with Crippen molar-refractivity contribution in [2.24, 2.45) is 11.5 Å². The van der Waals surface area contributed by atoms with Crippen LogP contribution in [0.1, 0.15) is 0 Å². The standard InChI is InChI=1S/C4H10N2O2/c5-3-1-7-4(6)8-2-3/h3-4H,1-2,5-6H2. The van der Waals surface area contributed by atoms with E-state index in [9.17, 15) is 0 Å². The molecule has 1 fully saturated rings. The summed E-state index contributed by atoms with van der Waals surface area (Å²) >= 11 is 0. The van der Waals surface area contributed by atoms with Crippen molar-refractivity contribution in [2.75, 3.05) is 13.2 Å². The van der Waals surface area contributed by atoms with Crippen molar-refractivity contribution in [2.45, 2.75) is 12.5 Å². The van der Waals surface area contributed by atoms with E-state index < -0.39 is 6.41 Å². The third-order valence-electron chi connectivity index (χ3n) is 0.949. The molecule has 1 aliphatic heterocycles. The Balaban J connectivity index is 2.19. The average molecular weight is 118 g/mol. The Morgan fingerprint density at radius 3 is 2.00 bits per heavy atom. The van der Waals surface area contributed by atoms with Crippen molar-refractivity contribution >= 4 is 0 Å². The number of hydrogen-bond acceptors (Lipinski definition) is 4. The predicted octanol–water partition coefficient (Wildman–Crippen LogP) is -1.40. The Morgan fingerprint density at radius 1 is 1.12 bits per heavy atom. The summed E-state index contributed by atoms with van der Waals surface area (Å²) in [5.74, 6) is 0. The number of nitrogens with two attached hydrogens (primary N) is 2. The van der Waals surface area contributed by atoms with Gasteiger partial charge in [0, 0.05) is 0 Å². The minimum atomic E-state index is -0.560. The van der Waals surface area contributed by atoms with Crippen LogP contribution in [-0.4, -0.2) is 25.7 Å². The highest BCUT2D eigenvalue weighted by atomic mass is 16.7. The lowest BCUT2D eigenvalue weighted by Crippen LogP contribution is -2.44. The third kappa shape index (κ3) is 1.41. The number of ether oxygens (including phenoxy) is 2. The Morgan fingerprint density at radius 2 is 1.62 bits per heavy atom. The third-order valence-corrected chi connectivity index (χ3v) is 0.949. The van der Waals surface area contributed by atoms with Crippen LogP contribution in [0.25, 0.3) is 0 Å². The molecular weight excluding hydrogens is 108 g/mol. The van der Waals surface area contributed by atoms with E-state index >= 15 is 0 Å². The lowest BCUT2D eigenvalue weighted by atomic mass is 10.3. The van der Waals surface area contributed by atoms with Crippen LogP contribution in [0.3, 0.4) is 0 Å². The summed E-state index contributed by atoms with van der Waals surface area (Å²) in [6.07, 6.45) is -0.560. The molecule has 0 radical (unpaired) electrons. The van der Waals surface area contributed by atoms with Gasteiger partial charge in [0.15, 0.2) is 0 Å². The highest BCUT2D eigenvalue weighted by Gasteiger charge is 2.14. The molecule has 1 heterocycles. The molecule has 8 heavy (non-hydrogen) atoms. The Hall–Kier alpha value is -0.160. The molecule has 0 saturated carbocycles. The van der Waals surface area contributed by atoms with Gasteiger partial charge in [-0.05, 0) is 0 Å². The fraction of sp³-hybridized carbons (Fsp3) is 1.00. The molecule has 48 valence electrons. The molecule has 0 aromatic heterocycles. The van der Waals surface area contributed by atoms with Crippen LogP contribution < -0.4 is 11.5 Å². The first-order chi connectivity index (χ1) is 3.79. The quantitative estimate of drug-likeness (QED) is 0.410. The van der Waals surface area contributed by atoms with Crippen molar-refractivity contribution in [3.8, 4) is 0 Å². The van der Waals surface area contributed by atoms with Crippen LogP contribution in [0.5, 0.6) is 0 Å². The van der Waals surface area contributed by atoms with Gasteiger partial charge in [0.1, 0.15) is 0 Å². The van der Waals surface area contributed by atoms with Crippen molar-refractivity contribution < 1.29 is 9.47 Å². The Bertz CT molecular complexity index is 60.4. The number of rotatable bonds is 0. The lowest BCUT2D eigenvalue weighted by molar-refractivity contribution is -0.181. The first-order valence-corrected chi connectivity index (χ1v) is 2.53. The van der Waals surface area contributed by atoms with Gasteiger partial charge in [0.25, 0.3) is 0 Å². The van der Waals surface area contributed by atoms with Gasteiger partial charge in [-0.2, -0.15) is 0 Å². The summed E-state index contributed by atoms with van der Waals surface area (Å²) in [6, 6.07) is -0.00481. The van der Waals surface area contributed by atoms with Gasteiger partial charge < -0.3 is 15.2 Å². The second-order valence-electron chi connectivity index (χ2n) is 1.80. The minimum Gasteiger partial charge on any atom is -0.338 e. The zero-order valence-corrected chi connectivity index (χ0v) is 4.54. The van der Waals surface area contributed by atoms with Gasteiger partial charge in [0.2, 0.25) is 6.41 Å². The zero-order chi connectivity index (χ0) is 5.98. The molecule has 4 nitrogen and oxygen atoms in total. The van der Waals surface area contributed by atoms with E-state index in [1.54, 1.807) is 0 Å². The molecule has 1 rings (SSSR count). The molecular formula is C4H10N2O2. The molecule has 4 heteroatoms. The molecule has 4 N–H and O–H groups in total. The van der Waals surface area contributed by atoms with E-state index in [0.29, 0.717) is 13.2 Å². The summed E-state index contributed by atoms with van der Waals surface area (Å²) in [4.78, 5) is 0. The highest BCUT2D eigenvalue weighted by molar-refractivity contribution is 4.61. The van der Waals surface area contributed by atoms with Crippen LogP contribution >= 0.6 is 0 Å². The second kappa shape index (κ2) is 2.41. The fourth-order valence-electron chi connectivity index (χ4n) is 0.533. The van der Waals surface area contributed by atoms with Crippen LogP contribution in [0.15, 0.2) is 0 Å². The Kier molecular flexibility index (Phi) is 1.80. The van der Waals surface area contributed by atoms with E-state index in [1.807, 2.05) is 0 Å². The van der Waals surface area contributed by atoms with Crippen LogP contribution in [-0.2, 0) is 9.47 Å². The monoisotopic (exact) mass is 118 g/mol. The predicted molar refractivity (Wildman–Crippen MR) is 27.9 cm³/mol. The van der Waals surface area contributed by atoms with E-state index in [0.717, 1.165) is 0 Å². The van der Waals surface area contributed by atoms with E-state index in [1.165, 1.54) is 0 Å². The van der Waals surface area contributed by atoms with E-state index in [4.69, 9.17) is 20.9 Å². The maximum absolute atomic E-state index is 5.39. The maximum atomic E-state index is 5.39. The normalized spacial score (nSPS) is 39.8. The van der Waals surface area contributed by atoms with Crippen molar-refractivity contribution in [1.29, 1.82) is 0 Å². The van der Waals surface area contributed by atoms with Crippen molar-refractivity contribution in [3.63, 3.8) is 0 Å². The lowest BCUT2D eigenvalue weighted by Gasteiger charge is -2.23. The molecule has 0 spiro atoms. The highest BCUT2D eigenvalue weighted by Crippen LogP contribution is 1.96. The van der Waals surface area contributed by atoms with Crippen molar-refractivity contribution in [3.05, 3.63) is 0 Å². The summed E-state index contributed by atoms with van der Waals surface area (Å²) in [5, 5.41) is 0. The fourth-order valence-corrected chi connectivity index (χ4v) is 0.533. The molecule has 0 aromatic rings. The number of hydrogen-bond donors (Lipinski definition) is 2. The van der Waals surface area contributed by atoms with E-state index in [2.05, 4.69) is 0 Å². The van der Waals surface area contributed by atoms with Crippen LogP contribution in [0, 0.1) is 0 Å². The summed E-state index contributed by atoms with van der Waals surface area (Å²) in [5.41, 5.74) is 10.6. The van der Waals surface area contributed by atoms with Crippen LogP contribution in [0.4, 0.5) is 0 Å². The smallest absolute Gasteiger partial charge is 0.213 e. The van der Waals surface area contributed by atoms with E-state index in [-0.39, 0.29) is 6.04 Å². The van der Waals surface area contributed by atoms with Crippen molar-refractivity contribution in [1.82, 2.24) is 0 Å². The average Bonchev–Trinajstić information content (AvgIpc) is 1.77. The molecule has 1 aliphatic rings. The molecule has 0 atom stereocenters. The first-order valence-electron chi connectivity index (χ1n) is 2.53. The Labute approximate surface area is 47.7 Å². The van der Waals surface area contributed by atoms with Gasteiger partial charge in [0.05, 0.1) is 19.3 Å². The summed E-state index contributed by atoms with van der Waals surface area (Å²) in [6.45, 7) is 1.00. The largest absolute Gasteiger partial charge is 0.338 e. The molecule has 0 unspecified atom stereocenters.